The zero-order chi connectivity index (χ0) is 18.9. The zero-order valence-corrected chi connectivity index (χ0v) is 15.2. The number of nitrogens with one attached hydrogen (secondary N) is 1. The molecule has 0 spiro atoms. The van der Waals surface area contributed by atoms with Gasteiger partial charge in [0, 0.05) is 22.8 Å². The van der Waals surface area contributed by atoms with E-state index in [1.807, 2.05) is 6.07 Å². The van der Waals surface area contributed by atoms with E-state index in [1.54, 1.807) is 42.5 Å². The van der Waals surface area contributed by atoms with E-state index in [9.17, 15) is 13.6 Å². The van der Waals surface area contributed by atoms with Crippen LogP contribution >= 0.6 is 11.8 Å². The molecule has 1 fully saturated rings. The summed E-state index contributed by atoms with van der Waals surface area (Å²) in [4.78, 5) is 17.1. The highest BCUT2D eigenvalue weighted by molar-refractivity contribution is 8.13. The first-order valence-corrected chi connectivity index (χ1v) is 9.64. The highest BCUT2D eigenvalue weighted by atomic mass is 32.2. The zero-order valence-electron chi connectivity index (χ0n) is 14.4. The number of fused-ring (bicyclic) bond motifs is 1. The van der Waals surface area contributed by atoms with Crippen LogP contribution in [0.25, 0.3) is 0 Å². The molecule has 2 aromatic carbocycles. The van der Waals surface area contributed by atoms with Crippen LogP contribution in [0.5, 0.6) is 0 Å². The van der Waals surface area contributed by atoms with Gasteiger partial charge in [0.1, 0.15) is 18.0 Å². The van der Waals surface area contributed by atoms with E-state index < -0.39 is 24.1 Å². The van der Waals surface area contributed by atoms with Crippen LogP contribution in [-0.4, -0.2) is 36.2 Å². The Morgan fingerprint density at radius 3 is 2.70 bits per heavy atom. The third kappa shape index (κ3) is 3.26. The second-order valence-corrected chi connectivity index (χ2v) is 7.57. The largest absolute Gasteiger partial charge is 0.372 e. The minimum atomic E-state index is -1.04. The van der Waals surface area contributed by atoms with Crippen LogP contribution in [-0.2, 0) is 10.3 Å². The van der Waals surface area contributed by atoms with Gasteiger partial charge in [0.15, 0.2) is 5.17 Å². The molecule has 140 valence electrons. The van der Waals surface area contributed by atoms with E-state index >= 15 is 0 Å². The Morgan fingerprint density at radius 1 is 1.22 bits per heavy atom. The number of amidine groups is 1. The lowest BCUT2D eigenvalue weighted by Gasteiger charge is -2.36. The highest BCUT2D eigenvalue weighted by Gasteiger charge is 2.54. The van der Waals surface area contributed by atoms with Crippen molar-refractivity contribution in [1.29, 1.82) is 0 Å². The maximum atomic E-state index is 14.6. The van der Waals surface area contributed by atoms with Crippen molar-refractivity contribution in [3.05, 3.63) is 71.5 Å². The van der Waals surface area contributed by atoms with Crippen molar-refractivity contribution < 1.29 is 18.3 Å². The number of ether oxygens (including phenoxy) is 1. The lowest BCUT2D eigenvalue weighted by atomic mass is 9.79. The van der Waals surface area contributed by atoms with E-state index in [0.29, 0.717) is 22.0 Å². The van der Waals surface area contributed by atoms with Gasteiger partial charge in [-0.1, -0.05) is 48.2 Å². The predicted octanol–water partition coefficient (Wildman–Crippen LogP) is 3.54. The average Bonchev–Trinajstić information content (AvgIpc) is 3.07. The molecule has 1 amide bonds. The molecule has 27 heavy (non-hydrogen) atoms. The van der Waals surface area contributed by atoms with Gasteiger partial charge in [-0.05, 0) is 18.2 Å². The molecule has 2 aliphatic rings. The number of amides is 1. The Balaban J connectivity index is 1.70. The van der Waals surface area contributed by atoms with Crippen molar-refractivity contribution in [2.45, 2.75) is 11.6 Å². The van der Waals surface area contributed by atoms with E-state index in [2.05, 4.69) is 10.3 Å². The SMILES string of the molecule is O=C(NC1=NC2(c3ccccc3F)COC(CF)C2CS1)c1ccccc1. The molecule has 0 bridgehead atoms. The van der Waals surface area contributed by atoms with E-state index in [1.165, 1.54) is 17.8 Å². The predicted molar refractivity (Wildman–Crippen MR) is 101 cm³/mol. The van der Waals surface area contributed by atoms with E-state index in [-0.39, 0.29) is 18.4 Å². The molecule has 0 saturated carbocycles. The summed E-state index contributed by atoms with van der Waals surface area (Å²) in [7, 11) is 0. The van der Waals surface area contributed by atoms with Crippen LogP contribution in [0.3, 0.4) is 0 Å². The van der Waals surface area contributed by atoms with Crippen molar-refractivity contribution in [3.63, 3.8) is 0 Å². The molecule has 2 aliphatic heterocycles. The molecule has 3 atom stereocenters. The number of hydrogen-bond acceptors (Lipinski definition) is 4. The van der Waals surface area contributed by atoms with Gasteiger partial charge in [-0.25, -0.2) is 13.8 Å². The molecule has 4 rings (SSSR count). The lowest BCUT2D eigenvalue weighted by Crippen LogP contribution is -2.44. The smallest absolute Gasteiger partial charge is 0.257 e. The Kier molecular flexibility index (Phi) is 4.97. The van der Waals surface area contributed by atoms with Crippen LogP contribution < -0.4 is 5.32 Å². The van der Waals surface area contributed by atoms with Crippen molar-refractivity contribution in [1.82, 2.24) is 5.32 Å². The first kappa shape index (κ1) is 18.1. The minimum Gasteiger partial charge on any atom is -0.372 e. The van der Waals surface area contributed by atoms with Crippen molar-refractivity contribution in [2.75, 3.05) is 19.0 Å². The molecule has 0 aromatic heterocycles. The number of halogens is 2. The third-order valence-electron chi connectivity index (χ3n) is 5.03. The maximum absolute atomic E-state index is 14.6. The number of rotatable bonds is 3. The van der Waals surface area contributed by atoms with Gasteiger partial charge in [-0.3, -0.25) is 4.79 Å². The Morgan fingerprint density at radius 2 is 1.96 bits per heavy atom. The van der Waals surface area contributed by atoms with E-state index in [0.717, 1.165) is 0 Å². The first-order chi connectivity index (χ1) is 13.1. The van der Waals surface area contributed by atoms with Gasteiger partial charge in [0.05, 0.1) is 12.7 Å². The topological polar surface area (TPSA) is 50.7 Å². The molecule has 2 aromatic rings. The van der Waals surface area contributed by atoms with Crippen LogP contribution in [0.4, 0.5) is 8.78 Å². The number of nitrogens with zero attached hydrogens (tertiary/aromatic N) is 1. The van der Waals surface area contributed by atoms with Crippen LogP contribution in [0.15, 0.2) is 59.6 Å². The summed E-state index contributed by atoms with van der Waals surface area (Å²) in [6.07, 6.45) is -0.632. The molecule has 1 saturated heterocycles. The van der Waals surface area contributed by atoms with Crippen molar-refractivity contribution in [2.24, 2.45) is 10.9 Å². The van der Waals surface area contributed by atoms with Crippen LogP contribution in [0.1, 0.15) is 15.9 Å². The second-order valence-electron chi connectivity index (χ2n) is 6.56. The standard InChI is InChI=1S/C20H18F2N2O2S/c21-10-17-15-11-27-19(23-18(25)13-6-2-1-3-7-13)24-20(15,12-26-17)14-8-4-5-9-16(14)22/h1-9,15,17H,10-12H2,(H,23,24,25). The molecule has 0 radical (unpaired) electrons. The lowest BCUT2D eigenvalue weighted by molar-refractivity contribution is 0.0721. The first-order valence-electron chi connectivity index (χ1n) is 8.65. The fraction of sp³-hybridized carbons (Fsp3) is 0.300. The molecule has 4 nitrogen and oxygen atoms in total. The molecular weight excluding hydrogens is 370 g/mol. The summed E-state index contributed by atoms with van der Waals surface area (Å²) in [6.45, 7) is -0.568. The number of benzene rings is 2. The summed E-state index contributed by atoms with van der Waals surface area (Å²) in [6, 6.07) is 15.1. The van der Waals surface area contributed by atoms with Gasteiger partial charge in [0.25, 0.3) is 5.91 Å². The van der Waals surface area contributed by atoms with Crippen LogP contribution in [0.2, 0.25) is 0 Å². The quantitative estimate of drug-likeness (QED) is 0.875. The van der Waals surface area contributed by atoms with E-state index in [4.69, 9.17) is 4.74 Å². The monoisotopic (exact) mass is 388 g/mol. The molecular formula is C20H18F2N2O2S. The molecule has 7 heteroatoms. The summed E-state index contributed by atoms with van der Waals surface area (Å²) < 4.78 is 33.6. The summed E-state index contributed by atoms with van der Waals surface area (Å²) in [5, 5.41) is 3.19. The number of hydrogen-bond donors (Lipinski definition) is 1. The Labute approximate surface area is 160 Å². The van der Waals surface area contributed by atoms with Crippen LogP contribution in [0, 0.1) is 11.7 Å². The fourth-order valence-electron chi connectivity index (χ4n) is 3.63. The Bertz CT molecular complexity index is 877. The van der Waals surface area contributed by atoms with Gasteiger partial charge in [-0.2, -0.15) is 0 Å². The summed E-state index contributed by atoms with van der Waals surface area (Å²) in [5.41, 5.74) is -0.156. The van der Waals surface area contributed by atoms with Gasteiger partial charge in [-0.15, -0.1) is 0 Å². The van der Waals surface area contributed by atoms with Gasteiger partial charge < -0.3 is 10.1 Å². The molecule has 1 N–H and O–H groups in total. The van der Waals surface area contributed by atoms with Gasteiger partial charge in [0.2, 0.25) is 0 Å². The normalized spacial score (nSPS) is 27.0. The number of aliphatic imine (C=N–C) groups is 1. The number of alkyl halides is 1. The average molecular weight is 388 g/mol. The number of carbonyl (C=O) groups excluding carboxylic acids is 1. The molecule has 0 aliphatic carbocycles. The van der Waals surface area contributed by atoms with Crippen molar-refractivity contribution in [3.8, 4) is 0 Å². The van der Waals surface area contributed by atoms with Crippen molar-refractivity contribution >= 4 is 22.8 Å². The summed E-state index contributed by atoms with van der Waals surface area (Å²) >= 11 is 1.33. The fourth-order valence-corrected chi connectivity index (χ4v) is 4.85. The number of carbonyl (C=O) groups is 1. The third-order valence-corrected chi connectivity index (χ3v) is 6.02. The molecule has 3 unspecified atom stereocenters. The molecule has 2 heterocycles. The second kappa shape index (κ2) is 7.40. The number of thioether (sulfide) groups is 1. The Hall–Kier alpha value is -2.25. The minimum absolute atomic E-state index is 0.0818. The van der Waals surface area contributed by atoms with Gasteiger partial charge >= 0.3 is 0 Å². The highest BCUT2D eigenvalue weighted by Crippen LogP contribution is 2.48. The summed E-state index contributed by atoms with van der Waals surface area (Å²) in [5.74, 6) is -0.515. The maximum Gasteiger partial charge on any atom is 0.257 e.